The lowest BCUT2D eigenvalue weighted by Gasteiger charge is -2.13. The van der Waals surface area contributed by atoms with E-state index in [-0.39, 0.29) is 32.3 Å². The number of hydrogen-bond donors (Lipinski definition) is 1. The van der Waals surface area contributed by atoms with E-state index >= 15 is 0 Å². The molecule has 11 heteroatoms. The Bertz CT molecular complexity index is 1050. The van der Waals surface area contributed by atoms with Gasteiger partial charge in [0, 0.05) is 12.3 Å². The fourth-order valence-corrected chi connectivity index (χ4v) is 2.44. The van der Waals surface area contributed by atoms with E-state index in [1.807, 2.05) is 0 Å². The molecule has 0 amide bonds. The van der Waals surface area contributed by atoms with Crippen LogP contribution >= 0.6 is 34.8 Å². The highest BCUT2D eigenvalue weighted by molar-refractivity contribution is 6.42. The third kappa shape index (κ3) is 4.35. The van der Waals surface area contributed by atoms with Crippen LogP contribution in [0.15, 0.2) is 41.3 Å². The minimum absolute atomic E-state index is 0.00286. The van der Waals surface area contributed by atoms with Crippen molar-refractivity contribution in [3.63, 3.8) is 0 Å². The number of benzene rings is 1. The van der Waals surface area contributed by atoms with Crippen molar-refractivity contribution in [2.45, 2.75) is 6.18 Å². The maximum absolute atomic E-state index is 13.5. The van der Waals surface area contributed by atoms with E-state index < -0.39 is 23.2 Å². The number of halogens is 6. The molecule has 3 rings (SSSR count). The van der Waals surface area contributed by atoms with E-state index in [0.717, 1.165) is 0 Å². The molecule has 1 N–H and O–H groups in total. The van der Waals surface area contributed by atoms with Gasteiger partial charge in [-0.25, -0.2) is 4.98 Å². The summed E-state index contributed by atoms with van der Waals surface area (Å²) < 4.78 is 45.5. The Labute approximate surface area is 164 Å². The molecular weight excluding hydrogens is 430 g/mol. The summed E-state index contributed by atoms with van der Waals surface area (Å²) in [6.07, 6.45) is -3.74. The second-order valence-electron chi connectivity index (χ2n) is 5.13. The lowest BCUT2D eigenvalue weighted by Crippen LogP contribution is -2.21. The van der Waals surface area contributed by atoms with Crippen LogP contribution in [0.1, 0.15) is 5.69 Å². The molecule has 0 spiro atoms. The topological polar surface area (TPSA) is 67.9 Å². The van der Waals surface area contributed by atoms with Gasteiger partial charge in [-0.2, -0.15) is 13.2 Å². The molecule has 0 bridgehead atoms. The molecule has 0 saturated carbocycles. The molecule has 0 radical (unpaired) electrons. The largest absolute Gasteiger partial charge is 0.449 e. The summed E-state index contributed by atoms with van der Waals surface area (Å²) in [5, 5.41) is 0.502. The smallest absolute Gasteiger partial charge is 0.437 e. The first-order valence-corrected chi connectivity index (χ1v) is 8.25. The van der Waals surface area contributed by atoms with Crippen LogP contribution in [0.2, 0.25) is 15.1 Å². The number of hydrogen-bond acceptors (Lipinski definition) is 4. The summed E-state index contributed by atoms with van der Waals surface area (Å²) in [6, 6.07) is 6.48. The molecule has 2 heterocycles. The second kappa shape index (κ2) is 7.38. The normalized spacial score (nSPS) is 11.5. The van der Waals surface area contributed by atoms with Gasteiger partial charge in [0.05, 0.1) is 15.1 Å². The number of pyridine rings is 1. The molecule has 0 atom stereocenters. The molecule has 5 nitrogen and oxygen atoms in total. The molecule has 3 aromatic rings. The Morgan fingerprint density at radius 1 is 1.04 bits per heavy atom. The second-order valence-corrected chi connectivity index (χ2v) is 6.38. The van der Waals surface area contributed by atoms with E-state index in [1.54, 1.807) is 0 Å². The van der Waals surface area contributed by atoms with Gasteiger partial charge in [-0.05, 0) is 24.3 Å². The maximum Gasteiger partial charge on any atom is 0.437 e. The monoisotopic (exact) mass is 435 g/mol. The molecule has 0 saturated heterocycles. The van der Waals surface area contributed by atoms with Crippen LogP contribution in [0.25, 0.3) is 11.5 Å². The van der Waals surface area contributed by atoms with Crippen LogP contribution in [0.3, 0.4) is 0 Å². The van der Waals surface area contributed by atoms with Gasteiger partial charge in [0.25, 0.3) is 5.56 Å². The number of alkyl halides is 3. The van der Waals surface area contributed by atoms with Crippen LogP contribution in [0.5, 0.6) is 11.5 Å². The minimum Gasteiger partial charge on any atom is -0.449 e. The van der Waals surface area contributed by atoms with Crippen LogP contribution in [0, 0.1) is 0 Å². The van der Waals surface area contributed by atoms with Gasteiger partial charge in [0.1, 0.15) is 11.4 Å². The van der Waals surface area contributed by atoms with E-state index in [9.17, 15) is 18.0 Å². The molecule has 0 aliphatic rings. The first-order chi connectivity index (χ1) is 12.6. The van der Waals surface area contributed by atoms with E-state index in [1.165, 1.54) is 36.5 Å². The number of nitrogens with one attached hydrogen (secondary N) is 1. The first kappa shape index (κ1) is 19.5. The number of ether oxygens (including phenoxy) is 1. The fraction of sp³-hybridized carbons (Fsp3) is 0.0625. The zero-order valence-electron chi connectivity index (χ0n) is 12.9. The third-order valence-corrected chi connectivity index (χ3v) is 4.19. The summed E-state index contributed by atoms with van der Waals surface area (Å²) in [4.78, 5) is 21.8. The standard InChI is InChI=1S/C16H7Cl3F3N3O2/c17-7-1-4-11(23-6-7)14-24-13(16(20,21)22)12(15(26)25-14)27-8-2-3-9(18)10(19)5-8/h1-6H,(H,24,25,26). The van der Waals surface area contributed by atoms with Gasteiger partial charge < -0.3 is 9.72 Å². The van der Waals surface area contributed by atoms with Gasteiger partial charge in [0.2, 0.25) is 5.75 Å². The lowest BCUT2D eigenvalue weighted by atomic mass is 10.3. The van der Waals surface area contributed by atoms with Crippen molar-refractivity contribution in [3.8, 4) is 23.0 Å². The van der Waals surface area contributed by atoms with Crippen molar-refractivity contribution in [2.75, 3.05) is 0 Å². The van der Waals surface area contributed by atoms with Gasteiger partial charge >= 0.3 is 6.18 Å². The van der Waals surface area contributed by atoms with Crippen LogP contribution < -0.4 is 10.3 Å². The highest BCUT2D eigenvalue weighted by atomic mass is 35.5. The highest BCUT2D eigenvalue weighted by Crippen LogP contribution is 2.36. The van der Waals surface area contributed by atoms with Crippen LogP contribution in [-0.2, 0) is 6.18 Å². The average Bonchev–Trinajstić information content (AvgIpc) is 2.59. The van der Waals surface area contributed by atoms with E-state index in [4.69, 9.17) is 39.5 Å². The number of H-pyrrole nitrogens is 1. The zero-order chi connectivity index (χ0) is 19.8. The zero-order valence-corrected chi connectivity index (χ0v) is 15.2. The number of aromatic nitrogens is 3. The summed E-state index contributed by atoms with van der Waals surface area (Å²) in [5.74, 6) is -1.52. The third-order valence-electron chi connectivity index (χ3n) is 3.23. The van der Waals surface area contributed by atoms with E-state index in [2.05, 4.69) is 15.0 Å². The van der Waals surface area contributed by atoms with Crippen molar-refractivity contribution in [3.05, 3.63) is 67.6 Å². The highest BCUT2D eigenvalue weighted by Gasteiger charge is 2.39. The van der Waals surface area contributed by atoms with Crippen molar-refractivity contribution in [1.29, 1.82) is 0 Å². The van der Waals surface area contributed by atoms with Crippen molar-refractivity contribution < 1.29 is 17.9 Å². The molecule has 27 heavy (non-hydrogen) atoms. The Hall–Kier alpha value is -2.29. The Morgan fingerprint density at radius 3 is 2.37 bits per heavy atom. The molecule has 0 aliphatic heterocycles. The summed E-state index contributed by atoms with van der Waals surface area (Å²) in [7, 11) is 0. The summed E-state index contributed by atoms with van der Waals surface area (Å²) >= 11 is 17.3. The number of rotatable bonds is 3. The summed E-state index contributed by atoms with van der Waals surface area (Å²) in [5.41, 5.74) is -2.65. The molecule has 2 aromatic heterocycles. The fourth-order valence-electron chi connectivity index (χ4n) is 2.04. The van der Waals surface area contributed by atoms with Gasteiger partial charge in [-0.15, -0.1) is 0 Å². The van der Waals surface area contributed by atoms with Gasteiger partial charge in [-0.1, -0.05) is 34.8 Å². The Morgan fingerprint density at radius 2 is 1.78 bits per heavy atom. The molecular formula is C16H7Cl3F3N3O2. The predicted molar refractivity (Wildman–Crippen MR) is 94.6 cm³/mol. The SMILES string of the molecule is O=c1[nH]c(-c2ccc(Cl)cn2)nc(C(F)(F)F)c1Oc1ccc(Cl)c(Cl)c1. The average molecular weight is 437 g/mol. The lowest BCUT2D eigenvalue weighted by molar-refractivity contribution is -0.142. The van der Waals surface area contributed by atoms with Crippen molar-refractivity contribution >= 4 is 34.8 Å². The first-order valence-electron chi connectivity index (χ1n) is 7.11. The Kier molecular flexibility index (Phi) is 5.32. The van der Waals surface area contributed by atoms with Gasteiger partial charge in [-0.3, -0.25) is 9.78 Å². The molecule has 140 valence electrons. The molecule has 1 aromatic carbocycles. The molecule has 0 unspecified atom stereocenters. The van der Waals surface area contributed by atoms with Crippen LogP contribution in [0.4, 0.5) is 13.2 Å². The maximum atomic E-state index is 13.5. The number of nitrogens with zero attached hydrogens (tertiary/aromatic N) is 2. The van der Waals surface area contributed by atoms with Crippen molar-refractivity contribution in [2.24, 2.45) is 0 Å². The molecule has 0 fully saturated rings. The quantitative estimate of drug-likeness (QED) is 0.580. The van der Waals surface area contributed by atoms with Crippen molar-refractivity contribution in [1.82, 2.24) is 15.0 Å². The van der Waals surface area contributed by atoms with E-state index in [0.29, 0.717) is 0 Å². The van der Waals surface area contributed by atoms with Gasteiger partial charge in [0.15, 0.2) is 11.5 Å². The minimum atomic E-state index is -4.96. The molecule has 0 aliphatic carbocycles. The predicted octanol–water partition coefficient (Wildman–Crippen LogP) is 5.60. The number of aromatic amines is 1. The summed E-state index contributed by atoms with van der Waals surface area (Å²) in [6.45, 7) is 0. The van der Waals surface area contributed by atoms with Crippen LogP contribution in [-0.4, -0.2) is 15.0 Å². The Balaban J connectivity index is 2.11.